The highest BCUT2D eigenvalue weighted by Gasteiger charge is 2.24. The van der Waals surface area contributed by atoms with Crippen molar-refractivity contribution >= 4 is 38.9 Å². The Morgan fingerprint density at radius 1 is 1.27 bits per heavy atom. The van der Waals surface area contributed by atoms with Crippen molar-refractivity contribution in [1.82, 2.24) is 20.1 Å². The van der Waals surface area contributed by atoms with Crippen molar-refractivity contribution in [1.29, 1.82) is 0 Å². The van der Waals surface area contributed by atoms with Crippen molar-refractivity contribution in [2.24, 2.45) is 0 Å². The molecule has 1 aromatic carbocycles. The van der Waals surface area contributed by atoms with Crippen LogP contribution in [-0.4, -0.2) is 59.2 Å². The maximum atomic E-state index is 5.61. The first-order valence-corrected chi connectivity index (χ1v) is 11.0. The molecule has 0 atom stereocenters. The molecule has 0 bridgehead atoms. The van der Waals surface area contributed by atoms with Gasteiger partial charge in [0.1, 0.15) is 0 Å². The number of likely N-dealkylation sites (tertiary alicyclic amines) is 1. The highest BCUT2D eigenvalue weighted by molar-refractivity contribution is 7.80. The number of rotatable bonds is 7. The van der Waals surface area contributed by atoms with Gasteiger partial charge in [-0.3, -0.25) is 0 Å². The number of fused-ring (bicyclic) bond motifs is 1. The molecule has 1 aliphatic rings. The number of nitrogens with zero attached hydrogens (tertiary/aromatic N) is 3. The lowest BCUT2D eigenvalue weighted by atomic mass is 9.98. The number of nitrogens with one attached hydrogen (secondary N) is 1. The Bertz CT molecular complexity index is 670. The van der Waals surface area contributed by atoms with Gasteiger partial charge in [-0.25, -0.2) is 4.98 Å². The van der Waals surface area contributed by atoms with E-state index in [1.54, 1.807) is 0 Å². The number of aromatic nitrogens is 1. The van der Waals surface area contributed by atoms with Crippen LogP contribution < -0.4 is 5.32 Å². The Balaban J connectivity index is 1.42. The summed E-state index contributed by atoms with van der Waals surface area (Å²) in [6.07, 6.45) is 3.42. The topological polar surface area (TPSA) is 31.4 Å². The highest BCUT2D eigenvalue weighted by atomic mass is 32.1. The molecule has 3 rings (SSSR count). The summed E-state index contributed by atoms with van der Waals surface area (Å²) in [7, 11) is 0. The van der Waals surface area contributed by atoms with Crippen molar-refractivity contribution < 1.29 is 0 Å². The van der Waals surface area contributed by atoms with Crippen LogP contribution in [0.4, 0.5) is 0 Å². The molecule has 1 saturated heterocycles. The summed E-state index contributed by atoms with van der Waals surface area (Å²) in [5.74, 6) is 0.578. The molecule has 4 nitrogen and oxygen atoms in total. The van der Waals surface area contributed by atoms with Crippen LogP contribution in [0.1, 0.15) is 44.0 Å². The normalized spacial score (nSPS) is 15.7. The SMILES string of the molecule is CCN(CC)CCCNC(=S)N1CCC(c2nc3ccccc3s2)CC1. The van der Waals surface area contributed by atoms with Crippen molar-refractivity contribution in [3.8, 4) is 0 Å². The van der Waals surface area contributed by atoms with Gasteiger partial charge in [-0.15, -0.1) is 11.3 Å². The Morgan fingerprint density at radius 2 is 2.00 bits per heavy atom. The second-order valence-corrected chi connectivity index (χ2v) is 8.34. The van der Waals surface area contributed by atoms with Crippen LogP contribution in [0.2, 0.25) is 0 Å². The van der Waals surface area contributed by atoms with Crippen molar-refractivity contribution in [3.63, 3.8) is 0 Å². The lowest BCUT2D eigenvalue weighted by Crippen LogP contribution is -2.44. The summed E-state index contributed by atoms with van der Waals surface area (Å²) in [5.41, 5.74) is 1.14. The summed E-state index contributed by atoms with van der Waals surface area (Å²) < 4.78 is 1.30. The van der Waals surface area contributed by atoms with Crippen LogP contribution in [0.3, 0.4) is 0 Å². The number of para-hydroxylation sites is 1. The third-order valence-electron chi connectivity index (χ3n) is 5.26. The molecule has 0 saturated carbocycles. The molecule has 1 aromatic heterocycles. The summed E-state index contributed by atoms with van der Waals surface area (Å²) in [6, 6.07) is 8.45. The van der Waals surface area contributed by atoms with Gasteiger partial charge in [0.15, 0.2) is 5.11 Å². The van der Waals surface area contributed by atoms with Crippen LogP contribution in [0, 0.1) is 0 Å². The van der Waals surface area contributed by atoms with Gasteiger partial charge in [-0.2, -0.15) is 0 Å². The molecule has 1 N–H and O–H groups in total. The van der Waals surface area contributed by atoms with E-state index in [4.69, 9.17) is 17.2 Å². The van der Waals surface area contributed by atoms with Crippen molar-refractivity contribution in [3.05, 3.63) is 29.3 Å². The van der Waals surface area contributed by atoms with E-state index in [1.165, 1.54) is 9.71 Å². The smallest absolute Gasteiger partial charge is 0.168 e. The van der Waals surface area contributed by atoms with Crippen molar-refractivity contribution in [2.75, 3.05) is 39.3 Å². The maximum Gasteiger partial charge on any atom is 0.168 e. The number of benzene rings is 1. The number of piperidine rings is 1. The van der Waals surface area contributed by atoms with E-state index in [1.807, 2.05) is 11.3 Å². The molecule has 0 radical (unpaired) electrons. The van der Waals surface area contributed by atoms with E-state index in [0.717, 1.165) is 69.2 Å². The van der Waals surface area contributed by atoms with Gasteiger partial charge in [0.05, 0.1) is 15.2 Å². The molecule has 1 aliphatic heterocycles. The Kier molecular flexibility index (Phi) is 7.23. The largest absolute Gasteiger partial charge is 0.363 e. The minimum absolute atomic E-state index is 0.578. The zero-order valence-electron chi connectivity index (χ0n) is 15.9. The summed E-state index contributed by atoms with van der Waals surface area (Å²) in [4.78, 5) is 9.63. The molecule has 0 amide bonds. The highest BCUT2D eigenvalue weighted by Crippen LogP contribution is 2.33. The zero-order chi connectivity index (χ0) is 18.4. The number of hydrogen-bond donors (Lipinski definition) is 1. The second-order valence-electron chi connectivity index (χ2n) is 6.89. The molecule has 142 valence electrons. The molecule has 0 unspecified atom stereocenters. The van der Waals surface area contributed by atoms with Crippen LogP contribution in [0.15, 0.2) is 24.3 Å². The summed E-state index contributed by atoms with van der Waals surface area (Å²) in [6.45, 7) is 10.9. The van der Waals surface area contributed by atoms with Gasteiger partial charge in [0.2, 0.25) is 0 Å². The molecule has 0 spiro atoms. The van der Waals surface area contributed by atoms with Crippen LogP contribution >= 0.6 is 23.6 Å². The molecule has 2 heterocycles. The Hall–Kier alpha value is -1.24. The van der Waals surface area contributed by atoms with E-state index >= 15 is 0 Å². The third-order valence-corrected chi connectivity index (χ3v) is 6.87. The average molecular weight is 391 g/mol. The first kappa shape index (κ1) is 19.5. The third kappa shape index (κ3) is 4.93. The van der Waals surface area contributed by atoms with Gasteiger partial charge in [0.25, 0.3) is 0 Å². The fourth-order valence-electron chi connectivity index (χ4n) is 3.54. The second kappa shape index (κ2) is 9.62. The molecule has 2 aromatic rings. The predicted molar refractivity (Wildman–Crippen MR) is 116 cm³/mol. The minimum Gasteiger partial charge on any atom is -0.363 e. The van der Waals surface area contributed by atoms with Gasteiger partial charge >= 0.3 is 0 Å². The molecule has 6 heteroatoms. The van der Waals surface area contributed by atoms with Gasteiger partial charge < -0.3 is 15.1 Å². The Morgan fingerprint density at radius 3 is 2.69 bits per heavy atom. The van der Waals surface area contributed by atoms with Gasteiger partial charge in [-0.05, 0) is 63.2 Å². The molecule has 0 aliphatic carbocycles. The number of hydrogen-bond acceptors (Lipinski definition) is 4. The first-order chi connectivity index (χ1) is 12.7. The van der Waals surface area contributed by atoms with Crippen LogP contribution in [-0.2, 0) is 0 Å². The molecule has 1 fully saturated rings. The standard InChI is InChI=1S/C20H30N4S2/c1-3-23(4-2)13-7-12-21-20(25)24-14-10-16(11-15-24)19-22-17-8-5-6-9-18(17)26-19/h5-6,8-9,16H,3-4,7,10-15H2,1-2H3,(H,21,25). The van der Waals surface area contributed by atoms with E-state index < -0.39 is 0 Å². The van der Waals surface area contributed by atoms with E-state index in [0.29, 0.717) is 5.92 Å². The minimum atomic E-state index is 0.578. The monoisotopic (exact) mass is 390 g/mol. The molecular weight excluding hydrogens is 360 g/mol. The van der Waals surface area contributed by atoms with Gasteiger partial charge in [0, 0.05) is 25.6 Å². The van der Waals surface area contributed by atoms with Gasteiger partial charge in [-0.1, -0.05) is 26.0 Å². The van der Waals surface area contributed by atoms with E-state index in [9.17, 15) is 0 Å². The fraction of sp³-hybridized carbons (Fsp3) is 0.600. The zero-order valence-corrected chi connectivity index (χ0v) is 17.5. The Labute approximate surface area is 166 Å². The van der Waals surface area contributed by atoms with E-state index in [2.05, 4.69) is 53.2 Å². The molecular formula is C20H30N4S2. The lowest BCUT2D eigenvalue weighted by molar-refractivity contribution is 0.295. The summed E-state index contributed by atoms with van der Waals surface area (Å²) >= 11 is 7.46. The predicted octanol–water partition coefficient (Wildman–Crippen LogP) is 4.08. The van der Waals surface area contributed by atoms with Crippen LogP contribution in [0.25, 0.3) is 10.2 Å². The van der Waals surface area contributed by atoms with E-state index in [-0.39, 0.29) is 0 Å². The van der Waals surface area contributed by atoms with Crippen LogP contribution in [0.5, 0.6) is 0 Å². The quantitative estimate of drug-likeness (QED) is 0.569. The summed E-state index contributed by atoms with van der Waals surface area (Å²) in [5, 5.41) is 5.67. The molecule has 26 heavy (non-hydrogen) atoms. The average Bonchev–Trinajstić information content (AvgIpc) is 3.12. The first-order valence-electron chi connectivity index (χ1n) is 9.81. The fourth-order valence-corrected chi connectivity index (χ4v) is 4.96. The van der Waals surface area contributed by atoms with Crippen molar-refractivity contribution in [2.45, 2.75) is 39.0 Å². The maximum absolute atomic E-state index is 5.61. The number of thiocarbonyl (C=S) groups is 1. The lowest BCUT2D eigenvalue weighted by Gasteiger charge is -2.33. The number of thiazole rings is 1.